The van der Waals surface area contributed by atoms with E-state index in [1.165, 1.54) is 11.3 Å². The van der Waals surface area contributed by atoms with Crippen molar-refractivity contribution in [3.63, 3.8) is 0 Å². The van der Waals surface area contributed by atoms with Gasteiger partial charge in [0.05, 0.1) is 25.3 Å². The molecule has 2 saturated heterocycles. The molecule has 1 aromatic heterocycles. The summed E-state index contributed by atoms with van der Waals surface area (Å²) in [6.45, 7) is 8.72. The summed E-state index contributed by atoms with van der Waals surface area (Å²) in [5, 5.41) is 3.72. The van der Waals surface area contributed by atoms with Crippen molar-refractivity contribution in [2.45, 2.75) is 20.3 Å². The molecule has 3 heterocycles. The number of nitrogens with zero attached hydrogens (tertiary/aromatic N) is 2. The second-order valence-electron chi connectivity index (χ2n) is 8.21. The molecule has 0 saturated carbocycles. The number of ether oxygens (including phenoxy) is 1. The van der Waals surface area contributed by atoms with Crippen LogP contribution < -0.4 is 5.32 Å². The van der Waals surface area contributed by atoms with Crippen LogP contribution in [-0.4, -0.2) is 67.6 Å². The predicted octanol–water partition coefficient (Wildman–Crippen LogP) is 3.48. The molecular weight excluding hydrogens is 398 g/mol. The topological polar surface area (TPSA) is 61.9 Å². The number of morpholine rings is 1. The monoisotopic (exact) mass is 427 g/mol. The zero-order chi connectivity index (χ0) is 21.1. The highest BCUT2D eigenvalue weighted by Gasteiger charge is 2.28. The molecule has 0 radical (unpaired) electrons. The number of benzene rings is 1. The van der Waals surface area contributed by atoms with Crippen molar-refractivity contribution in [1.82, 2.24) is 9.80 Å². The van der Waals surface area contributed by atoms with Gasteiger partial charge in [0.2, 0.25) is 5.91 Å². The molecule has 30 heavy (non-hydrogen) atoms. The molecule has 2 aliphatic heterocycles. The fourth-order valence-corrected chi connectivity index (χ4v) is 5.41. The standard InChI is InChI=1S/C23H29N3O3S/c1-16-8-9-25(14-16)15-19(27)24-22-20(23(28)26-10-12-29-13-11-26)17(2)21(30-22)18-6-4-3-5-7-18/h3-7,16H,8-15H2,1-2H3,(H,24,27). The third-order valence-corrected chi connectivity index (χ3v) is 7.08. The van der Waals surface area contributed by atoms with E-state index >= 15 is 0 Å². The molecule has 160 valence electrons. The molecule has 0 aliphatic carbocycles. The molecule has 6 nitrogen and oxygen atoms in total. The largest absolute Gasteiger partial charge is 0.378 e. The van der Waals surface area contributed by atoms with Gasteiger partial charge in [0.1, 0.15) is 5.00 Å². The molecule has 1 atom stereocenters. The van der Waals surface area contributed by atoms with E-state index in [1.54, 1.807) is 0 Å². The second kappa shape index (κ2) is 9.29. The summed E-state index contributed by atoms with van der Waals surface area (Å²) in [7, 11) is 0. The second-order valence-corrected chi connectivity index (χ2v) is 9.23. The summed E-state index contributed by atoms with van der Waals surface area (Å²) in [6, 6.07) is 10.0. The number of hydrogen-bond donors (Lipinski definition) is 1. The summed E-state index contributed by atoms with van der Waals surface area (Å²) in [5.74, 6) is 0.547. The van der Waals surface area contributed by atoms with Crippen molar-refractivity contribution in [2.75, 3.05) is 51.3 Å². The first-order chi connectivity index (χ1) is 14.5. The Morgan fingerprint density at radius 1 is 1.17 bits per heavy atom. The first-order valence-electron chi connectivity index (χ1n) is 10.6. The number of thiophene rings is 1. The lowest BCUT2D eigenvalue weighted by Crippen LogP contribution is -2.41. The molecule has 2 amide bonds. The van der Waals surface area contributed by atoms with Crippen molar-refractivity contribution in [3.05, 3.63) is 41.5 Å². The van der Waals surface area contributed by atoms with Crippen molar-refractivity contribution < 1.29 is 14.3 Å². The summed E-state index contributed by atoms with van der Waals surface area (Å²) in [4.78, 5) is 31.2. The number of nitrogens with one attached hydrogen (secondary N) is 1. The zero-order valence-corrected chi connectivity index (χ0v) is 18.5. The molecular formula is C23H29N3O3S. The Morgan fingerprint density at radius 3 is 2.57 bits per heavy atom. The maximum absolute atomic E-state index is 13.4. The highest BCUT2D eigenvalue weighted by molar-refractivity contribution is 7.20. The van der Waals surface area contributed by atoms with Crippen LogP contribution >= 0.6 is 11.3 Å². The van der Waals surface area contributed by atoms with Gasteiger partial charge in [-0.25, -0.2) is 0 Å². The molecule has 0 bridgehead atoms. The highest BCUT2D eigenvalue weighted by Crippen LogP contribution is 2.40. The summed E-state index contributed by atoms with van der Waals surface area (Å²) in [6.07, 6.45) is 1.13. The van der Waals surface area contributed by atoms with Gasteiger partial charge in [-0.3, -0.25) is 14.5 Å². The van der Waals surface area contributed by atoms with Crippen molar-refractivity contribution >= 4 is 28.2 Å². The van der Waals surface area contributed by atoms with Gasteiger partial charge in [0, 0.05) is 24.5 Å². The van der Waals surface area contributed by atoms with E-state index < -0.39 is 0 Å². The van der Waals surface area contributed by atoms with Crippen LogP contribution in [0.15, 0.2) is 30.3 Å². The van der Waals surface area contributed by atoms with Gasteiger partial charge in [0.15, 0.2) is 0 Å². The molecule has 2 fully saturated rings. The van der Waals surface area contributed by atoms with Gasteiger partial charge >= 0.3 is 0 Å². The Bertz CT molecular complexity index is 906. The number of carbonyl (C=O) groups is 2. The van der Waals surface area contributed by atoms with Crippen LogP contribution in [0.1, 0.15) is 29.3 Å². The minimum Gasteiger partial charge on any atom is -0.378 e. The Kier molecular flexibility index (Phi) is 6.51. The van der Waals surface area contributed by atoms with Crippen molar-refractivity contribution in [3.8, 4) is 10.4 Å². The summed E-state index contributed by atoms with van der Waals surface area (Å²) >= 11 is 1.49. The number of hydrogen-bond acceptors (Lipinski definition) is 5. The van der Waals surface area contributed by atoms with Crippen molar-refractivity contribution in [2.24, 2.45) is 5.92 Å². The van der Waals surface area contributed by atoms with E-state index in [1.807, 2.05) is 42.2 Å². The van der Waals surface area contributed by atoms with Crippen LogP contribution in [0.3, 0.4) is 0 Å². The molecule has 0 spiro atoms. The minimum atomic E-state index is -0.0546. The predicted molar refractivity (Wildman–Crippen MR) is 120 cm³/mol. The lowest BCUT2D eigenvalue weighted by atomic mass is 10.1. The summed E-state index contributed by atoms with van der Waals surface area (Å²) < 4.78 is 5.40. The van der Waals surface area contributed by atoms with Crippen LogP contribution in [-0.2, 0) is 9.53 Å². The lowest BCUT2D eigenvalue weighted by Gasteiger charge is -2.27. The number of rotatable bonds is 5. The Balaban J connectivity index is 1.61. The molecule has 1 aromatic carbocycles. The molecule has 7 heteroatoms. The number of likely N-dealkylation sites (tertiary alicyclic amines) is 1. The van der Waals surface area contributed by atoms with Crippen LogP contribution in [0, 0.1) is 12.8 Å². The third kappa shape index (κ3) is 4.58. The van der Waals surface area contributed by atoms with E-state index in [9.17, 15) is 9.59 Å². The molecule has 2 aliphatic rings. The first kappa shape index (κ1) is 21.0. The van der Waals surface area contributed by atoms with Gasteiger partial charge < -0.3 is 15.0 Å². The van der Waals surface area contributed by atoms with Gasteiger partial charge in [-0.1, -0.05) is 37.3 Å². The molecule has 2 aromatic rings. The van der Waals surface area contributed by atoms with Crippen molar-refractivity contribution in [1.29, 1.82) is 0 Å². The van der Waals surface area contributed by atoms with E-state index in [-0.39, 0.29) is 11.8 Å². The zero-order valence-electron chi connectivity index (χ0n) is 17.6. The van der Waals surface area contributed by atoms with Gasteiger partial charge in [-0.2, -0.15) is 0 Å². The SMILES string of the molecule is Cc1c(-c2ccccc2)sc(NC(=O)CN2CCC(C)C2)c1C(=O)N1CCOCC1. The normalized spacial score (nSPS) is 19.8. The Labute approximate surface area is 181 Å². The van der Waals surface area contributed by atoms with Crippen LogP contribution in [0.25, 0.3) is 10.4 Å². The Morgan fingerprint density at radius 2 is 1.90 bits per heavy atom. The molecule has 4 rings (SSSR count). The number of amides is 2. The van der Waals surface area contributed by atoms with Crippen LogP contribution in [0.2, 0.25) is 0 Å². The summed E-state index contributed by atoms with van der Waals surface area (Å²) in [5.41, 5.74) is 2.60. The van der Waals surface area contributed by atoms with E-state index in [0.717, 1.165) is 35.5 Å². The van der Waals surface area contributed by atoms with Crippen LogP contribution in [0.5, 0.6) is 0 Å². The minimum absolute atomic E-state index is 0.0284. The molecule has 1 N–H and O–H groups in total. The fraction of sp³-hybridized carbons (Fsp3) is 0.478. The average molecular weight is 428 g/mol. The number of carbonyl (C=O) groups excluding carboxylic acids is 2. The van der Waals surface area contributed by atoms with E-state index in [4.69, 9.17) is 4.74 Å². The van der Waals surface area contributed by atoms with E-state index in [0.29, 0.717) is 49.3 Å². The smallest absolute Gasteiger partial charge is 0.257 e. The third-order valence-electron chi connectivity index (χ3n) is 5.82. The number of anilines is 1. The maximum atomic E-state index is 13.4. The van der Waals surface area contributed by atoms with Gasteiger partial charge in [0.25, 0.3) is 5.91 Å². The quantitative estimate of drug-likeness (QED) is 0.794. The Hall–Kier alpha value is -2.22. The highest BCUT2D eigenvalue weighted by atomic mass is 32.1. The van der Waals surface area contributed by atoms with Gasteiger partial charge in [-0.15, -0.1) is 11.3 Å². The first-order valence-corrected chi connectivity index (χ1v) is 11.4. The van der Waals surface area contributed by atoms with E-state index in [2.05, 4.69) is 17.1 Å². The fourth-order valence-electron chi connectivity index (χ4n) is 4.19. The molecule has 1 unspecified atom stereocenters. The average Bonchev–Trinajstić information content (AvgIpc) is 3.31. The lowest BCUT2D eigenvalue weighted by molar-refractivity contribution is -0.117. The van der Waals surface area contributed by atoms with Gasteiger partial charge in [-0.05, 0) is 36.9 Å². The maximum Gasteiger partial charge on any atom is 0.257 e. The van der Waals surface area contributed by atoms with Crippen LogP contribution in [0.4, 0.5) is 5.00 Å².